The highest BCUT2D eigenvalue weighted by Gasteiger charge is 2.74. The van der Waals surface area contributed by atoms with Crippen molar-refractivity contribution in [2.45, 2.75) is 28.5 Å². The molecule has 0 unspecified atom stereocenters. The second-order valence-corrected chi connectivity index (χ2v) is 8.68. The Morgan fingerprint density at radius 3 is 2.46 bits per heavy atom. The van der Waals surface area contributed by atoms with Crippen LogP contribution in [0.2, 0.25) is 0 Å². The highest BCUT2D eigenvalue weighted by molar-refractivity contribution is 7.92. The summed E-state index contributed by atoms with van der Waals surface area (Å²) >= 11 is 0. The third kappa shape index (κ3) is 2.29. The monoisotopic (exact) mass is 375 g/mol. The molecule has 1 aliphatic carbocycles. The van der Waals surface area contributed by atoms with Crippen LogP contribution in [0.25, 0.3) is 0 Å². The highest BCUT2D eigenvalue weighted by atomic mass is 32.2. The molecule has 0 bridgehead atoms. The van der Waals surface area contributed by atoms with E-state index < -0.39 is 32.5 Å². The molecule has 1 saturated carbocycles. The molecule has 1 heterocycles. The first-order chi connectivity index (χ1) is 12.3. The minimum Gasteiger partial charge on any atom is -0.480 e. The number of nitrogens with two attached hydrogens (primary N) is 1. The standard InChI is InChI=1S/C18H17NO6S/c1-10-2-5-12(6-3-10)26(22,23)16-15(18(16,19)17(20)21)11-4-7-13-14(8-11)25-9-24-13/h2-8,15-16H,9,19H2,1H3,(H,20,21)/t15-,16-,18+/m1/s1. The lowest BCUT2D eigenvalue weighted by Gasteiger charge is -2.07. The Labute approximate surface area is 150 Å². The van der Waals surface area contributed by atoms with E-state index in [2.05, 4.69) is 0 Å². The first-order valence-corrected chi connectivity index (χ1v) is 9.53. The molecule has 2 aliphatic rings. The number of ether oxygens (including phenoxy) is 2. The van der Waals surface area contributed by atoms with E-state index >= 15 is 0 Å². The summed E-state index contributed by atoms with van der Waals surface area (Å²) in [7, 11) is -3.92. The van der Waals surface area contributed by atoms with E-state index in [1.165, 1.54) is 12.1 Å². The zero-order valence-corrected chi connectivity index (χ0v) is 14.7. The molecule has 3 N–H and O–H groups in total. The maximum atomic E-state index is 13.0. The van der Waals surface area contributed by atoms with Gasteiger partial charge in [0.2, 0.25) is 6.79 Å². The van der Waals surface area contributed by atoms with Crippen LogP contribution in [0.3, 0.4) is 0 Å². The fraction of sp³-hybridized carbons (Fsp3) is 0.278. The number of hydrogen-bond acceptors (Lipinski definition) is 6. The normalized spacial score (nSPS) is 26.5. The van der Waals surface area contributed by atoms with Crippen molar-refractivity contribution >= 4 is 15.8 Å². The molecule has 1 aliphatic heterocycles. The van der Waals surface area contributed by atoms with Gasteiger partial charge in [0.15, 0.2) is 21.3 Å². The van der Waals surface area contributed by atoms with Gasteiger partial charge in [0.25, 0.3) is 0 Å². The molecule has 3 atom stereocenters. The number of carboxylic acid groups (broad SMARTS) is 1. The lowest BCUT2D eigenvalue weighted by Crippen LogP contribution is -2.39. The van der Waals surface area contributed by atoms with E-state index in [0.717, 1.165) is 5.56 Å². The molecular weight excluding hydrogens is 358 g/mol. The number of fused-ring (bicyclic) bond motifs is 1. The molecule has 0 radical (unpaired) electrons. The number of carbonyl (C=O) groups is 1. The minimum atomic E-state index is -3.92. The van der Waals surface area contributed by atoms with E-state index in [4.69, 9.17) is 15.2 Å². The number of carboxylic acids is 1. The number of benzene rings is 2. The molecule has 8 heteroatoms. The van der Waals surface area contributed by atoms with Crippen LogP contribution in [-0.2, 0) is 14.6 Å². The lowest BCUT2D eigenvalue weighted by atomic mass is 10.1. The van der Waals surface area contributed by atoms with Crippen LogP contribution in [-0.4, -0.2) is 37.1 Å². The summed E-state index contributed by atoms with van der Waals surface area (Å²) in [6, 6.07) is 11.2. The van der Waals surface area contributed by atoms with Gasteiger partial charge in [0, 0.05) is 5.92 Å². The van der Waals surface area contributed by atoms with Gasteiger partial charge in [0.1, 0.15) is 10.8 Å². The maximum absolute atomic E-state index is 13.0. The van der Waals surface area contributed by atoms with Crippen molar-refractivity contribution in [3.8, 4) is 11.5 Å². The van der Waals surface area contributed by atoms with E-state index in [9.17, 15) is 18.3 Å². The molecule has 4 rings (SSSR count). The van der Waals surface area contributed by atoms with Gasteiger partial charge in [-0.3, -0.25) is 4.79 Å². The molecule has 2 aromatic rings. The van der Waals surface area contributed by atoms with Crippen molar-refractivity contribution in [2.24, 2.45) is 5.73 Å². The van der Waals surface area contributed by atoms with Crippen molar-refractivity contribution in [3.05, 3.63) is 53.6 Å². The molecule has 0 spiro atoms. The molecule has 0 aromatic heterocycles. The Kier molecular flexibility index (Phi) is 3.54. The van der Waals surface area contributed by atoms with Gasteiger partial charge in [-0.1, -0.05) is 23.8 Å². The SMILES string of the molecule is Cc1ccc(S(=O)(=O)[C@@H]2[C@@H](c3ccc4c(c3)OCO4)[C@@]2(N)C(=O)O)cc1. The van der Waals surface area contributed by atoms with Crippen LogP contribution in [0.5, 0.6) is 11.5 Å². The van der Waals surface area contributed by atoms with Crippen molar-refractivity contribution in [2.75, 3.05) is 6.79 Å². The quantitative estimate of drug-likeness (QED) is 0.831. The summed E-state index contributed by atoms with van der Waals surface area (Å²) in [4.78, 5) is 11.9. The van der Waals surface area contributed by atoms with Crippen LogP contribution in [0, 0.1) is 6.92 Å². The average Bonchev–Trinajstić information content (AvgIpc) is 3.01. The van der Waals surface area contributed by atoms with Gasteiger partial charge < -0.3 is 20.3 Å². The van der Waals surface area contributed by atoms with Gasteiger partial charge in [-0.05, 0) is 36.8 Å². The van der Waals surface area contributed by atoms with Gasteiger partial charge >= 0.3 is 5.97 Å². The molecular formula is C18H17NO6S. The topological polar surface area (TPSA) is 116 Å². The summed E-state index contributed by atoms with van der Waals surface area (Å²) < 4.78 is 36.6. The average molecular weight is 375 g/mol. The van der Waals surface area contributed by atoms with Crippen LogP contribution >= 0.6 is 0 Å². The van der Waals surface area contributed by atoms with E-state index in [1.54, 1.807) is 30.3 Å². The Morgan fingerprint density at radius 2 is 1.81 bits per heavy atom. The summed E-state index contributed by atoms with van der Waals surface area (Å²) in [5, 5.41) is 8.36. The Hall–Kier alpha value is -2.58. The smallest absolute Gasteiger partial charge is 0.325 e. The summed E-state index contributed by atoms with van der Waals surface area (Å²) in [5.74, 6) is -1.24. The minimum absolute atomic E-state index is 0.0624. The Morgan fingerprint density at radius 1 is 1.15 bits per heavy atom. The second-order valence-electron chi connectivity index (χ2n) is 6.61. The van der Waals surface area contributed by atoms with Crippen molar-refractivity contribution in [1.82, 2.24) is 0 Å². The number of aryl methyl sites for hydroxylation is 1. The molecule has 1 fully saturated rings. The predicted molar refractivity (Wildman–Crippen MR) is 92.0 cm³/mol. The first-order valence-electron chi connectivity index (χ1n) is 7.98. The largest absolute Gasteiger partial charge is 0.480 e. The molecule has 2 aromatic carbocycles. The van der Waals surface area contributed by atoms with Crippen LogP contribution in [0.1, 0.15) is 17.0 Å². The number of rotatable bonds is 4. The van der Waals surface area contributed by atoms with Crippen LogP contribution in [0.4, 0.5) is 0 Å². The van der Waals surface area contributed by atoms with Gasteiger partial charge in [-0.2, -0.15) is 0 Å². The molecule has 136 valence electrons. The second kappa shape index (κ2) is 5.46. The zero-order valence-electron chi connectivity index (χ0n) is 13.9. The van der Waals surface area contributed by atoms with E-state index in [1.807, 2.05) is 6.92 Å². The molecule has 26 heavy (non-hydrogen) atoms. The summed E-state index contributed by atoms with van der Waals surface area (Å²) in [6.07, 6.45) is 0. The van der Waals surface area contributed by atoms with Crippen molar-refractivity contribution in [1.29, 1.82) is 0 Å². The third-order valence-corrected chi connectivity index (χ3v) is 7.25. The number of sulfone groups is 1. The fourth-order valence-corrected chi connectivity index (χ4v) is 5.73. The maximum Gasteiger partial charge on any atom is 0.325 e. The first kappa shape index (κ1) is 16.9. The third-order valence-electron chi connectivity index (χ3n) is 4.99. The van der Waals surface area contributed by atoms with Gasteiger partial charge in [-0.15, -0.1) is 0 Å². The van der Waals surface area contributed by atoms with Crippen molar-refractivity contribution < 1.29 is 27.8 Å². The summed E-state index contributed by atoms with van der Waals surface area (Å²) in [5.41, 5.74) is 5.57. The van der Waals surface area contributed by atoms with Gasteiger partial charge in [0.05, 0.1) is 4.90 Å². The predicted octanol–water partition coefficient (Wildman–Crippen LogP) is 1.45. The molecule has 0 amide bonds. The zero-order chi connectivity index (χ0) is 18.7. The Bertz CT molecular complexity index is 1000. The van der Waals surface area contributed by atoms with Crippen LogP contribution in [0.15, 0.2) is 47.4 Å². The summed E-state index contributed by atoms with van der Waals surface area (Å²) in [6.45, 7) is 1.91. The number of hydrogen-bond donors (Lipinski definition) is 2. The van der Waals surface area contributed by atoms with Gasteiger partial charge in [-0.25, -0.2) is 8.42 Å². The number of aliphatic carboxylic acids is 1. The molecule has 0 saturated heterocycles. The Balaban J connectivity index is 1.77. The lowest BCUT2D eigenvalue weighted by molar-refractivity contribution is -0.139. The van der Waals surface area contributed by atoms with E-state index in [-0.39, 0.29) is 11.7 Å². The van der Waals surface area contributed by atoms with E-state index in [0.29, 0.717) is 17.1 Å². The van der Waals surface area contributed by atoms with Crippen LogP contribution < -0.4 is 15.2 Å². The van der Waals surface area contributed by atoms with Crippen molar-refractivity contribution in [3.63, 3.8) is 0 Å². The molecule has 7 nitrogen and oxygen atoms in total. The highest BCUT2D eigenvalue weighted by Crippen LogP contribution is 2.56. The fourth-order valence-electron chi connectivity index (χ4n) is 3.50.